The lowest BCUT2D eigenvalue weighted by Crippen LogP contribution is -2.34. The van der Waals surface area contributed by atoms with Crippen molar-refractivity contribution in [3.8, 4) is 0 Å². The molecule has 0 aromatic heterocycles. The van der Waals surface area contributed by atoms with Crippen LogP contribution >= 0.6 is 0 Å². The Morgan fingerprint density at radius 3 is 2.79 bits per heavy atom. The Kier molecular flexibility index (Phi) is 4.77. The zero-order valence-electron chi connectivity index (χ0n) is 11.3. The van der Waals surface area contributed by atoms with Crippen LogP contribution in [-0.2, 0) is 4.74 Å². The first-order chi connectivity index (χ1) is 9.20. The largest absolute Gasteiger partial charge is 0.450 e. The molecule has 104 valence electrons. The highest BCUT2D eigenvalue weighted by Gasteiger charge is 2.23. The van der Waals surface area contributed by atoms with E-state index in [0.717, 1.165) is 31.4 Å². The molecule has 1 aliphatic heterocycles. The van der Waals surface area contributed by atoms with E-state index in [4.69, 9.17) is 4.74 Å². The summed E-state index contributed by atoms with van der Waals surface area (Å²) in [4.78, 5) is 13.6. The minimum Gasteiger partial charge on any atom is -0.450 e. The van der Waals surface area contributed by atoms with Crippen LogP contribution in [0.15, 0.2) is 24.3 Å². The number of rotatable bonds is 2. The fraction of sp³-hybridized carbons (Fsp3) is 0.533. The summed E-state index contributed by atoms with van der Waals surface area (Å²) in [5, 5.41) is 0. The van der Waals surface area contributed by atoms with Gasteiger partial charge in [-0.2, -0.15) is 0 Å². The van der Waals surface area contributed by atoms with E-state index < -0.39 is 0 Å². The van der Waals surface area contributed by atoms with Crippen LogP contribution < -0.4 is 0 Å². The number of hydrogen-bond acceptors (Lipinski definition) is 2. The molecule has 4 heteroatoms. The van der Waals surface area contributed by atoms with Gasteiger partial charge in [-0.15, -0.1) is 0 Å². The maximum Gasteiger partial charge on any atom is 0.409 e. The molecule has 1 saturated heterocycles. The van der Waals surface area contributed by atoms with E-state index in [2.05, 4.69) is 0 Å². The van der Waals surface area contributed by atoms with Crippen molar-refractivity contribution in [3.63, 3.8) is 0 Å². The van der Waals surface area contributed by atoms with Gasteiger partial charge in [-0.1, -0.05) is 18.6 Å². The molecule has 1 aromatic rings. The summed E-state index contributed by atoms with van der Waals surface area (Å²) in [6, 6.07) is 6.59. The van der Waals surface area contributed by atoms with Gasteiger partial charge in [-0.05, 0) is 37.5 Å². The second kappa shape index (κ2) is 6.55. The van der Waals surface area contributed by atoms with Gasteiger partial charge in [0.25, 0.3) is 0 Å². The fourth-order valence-corrected chi connectivity index (χ4v) is 2.53. The Morgan fingerprint density at radius 2 is 2.11 bits per heavy atom. The van der Waals surface area contributed by atoms with Crippen LogP contribution in [0.1, 0.15) is 37.7 Å². The van der Waals surface area contributed by atoms with Gasteiger partial charge in [0.2, 0.25) is 0 Å². The van der Waals surface area contributed by atoms with E-state index in [1.807, 2.05) is 19.1 Å². The average Bonchev–Trinajstić information content (AvgIpc) is 2.66. The van der Waals surface area contributed by atoms with Gasteiger partial charge in [-0.3, -0.25) is 0 Å². The number of carbonyl (C=O) groups excluding carboxylic acids is 1. The maximum atomic E-state index is 13.0. The van der Waals surface area contributed by atoms with Gasteiger partial charge >= 0.3 is 6.09 Å². The monoisotopic (exact) mass is 265 g/mol. The first-order valence-electron chi connectivity index (χ1n) is 6.88. The minimum atomic E-state index is -0.239. The van der Waals surface area contributed by atoms with Crippen molar-refractivity contribution in [3.05, 3.63) is 35.6 Å². The van der Waals surface area contributed by atoms with Crippen molar-refractivity contribution in [2.24, 2.45) is 0 Å². The molecular weight excluding hydrogens is 245 g/mol. The van der Waals surface area contributed by atoms with Crippen molar-refractivity contribution in [1.29, 1.82) is 0 Å². The van der Waals surface area contributed by atoms with Crippen LogP contribution in [0.5, 0.6) is 0 Å². The molecule has 0 radical (unpaired) electrons. The number of carbonyl (C=O) groups is 1. The summed E-state index contributed by atoms with van der Waals surface area (Å²) in [6.45, 7) is 3.62. The zero-order valence-corrected chi connectivity index (χ0v) is 11.3. The molecular formula is C15H20FNO2. The van der Waals surface area contributed by atoms with E-state index >= 15 is 0 Å². The predicted octanol–water partition coefficient (Wildman–Crippen LogP) is 3.55. The maximum absolute atomic E-state index is 13.0. The number of amides is 1. The molecule has 1 heterocycles. The van der Waals surface area contributed by atoms with Crippen molar-refractivity contribution in [1.82, 2.24) is 4.90 Å². The summed E-state index contributed by atoms with van der Waals surface area (Å²) < 4.78 is 18.0. The Balaban J connectivity index is 2.07. The first-order valence-corrected chi connectivity index (χ1v) is 6.88. The molecule has 2 rings (SSSR count). The summed E-state index contributed by atoms with van der Waals surface area (Å²) in [5.74, 6) is 0.0483. The number of benzene rings is 1. The SMILES string of the molecule is CCOC(=O)N1CCCC[C@@H](c2ccc(F)cc2)C1. The number of ether oxygens (including phenoxy) is 1. The third-order valence-electron chi connectivity index (χ3n) is 3.54. The van der Waals surface area contributed by atoms with Gasteiger partial charge in [0.15, 0.2) is 0 Å². The van der Waals surface area contributed by atoms with Crippen LogP contribution in [0, 0.1) is 5.82 Å². The molecule has 1 aliphatic rings. The Labute approximate surface area is 113 Å². The second-order valence-electron chi connectivity index (χ2n) is 4.89. The molecule has 1 fully saturated rings. The smallest absolute Gasteiger partial charge is 0.409 e. The van der Waals surface area contributed by atoms with Gasteiger partial charge in [0.1, 0.15) is 5.82 Å². The van der Waals surface area contributed by atoms with Gasteiger partial charge in [-0.25, -0.2) is 9.18 Å². The second-order valence-corrected chi connectivity index (χ2v) is 4.89. The average molecular weight is 265 g/mol. The fourth-order valence-electron chi connectivity index (χ4n) is 2.53. The standard InChI is InChI=1S/C15H20FNO2/c1-2-19-15(18)17-10-4-3-5-13(11-17)12-6-8-14(16)9-7-12/h6-9,13H,2-5,10-11H2,1H3/t13-/m1/s1. The third-order valence-corrected chi connectivity index (χ3v) is 3.54. The highest BCUT2D eigenvalue weighted by atomic mass is 19.1. The van der Waals surface area contributed by atoms with Crippen molar-refractivity contribution >= 4 is 6.09 Å². The molecule has 1 amide bonds. The third kappa shape index (κ3) is 3.69. The molecule has 0 N–H and O–H groups in total. The summed E-state index contributed by atoms with van der Waals surface area (Å²) in [7, 11) is 0. The number of hydrogen-bond donors (Lipinski definition) is 0. The molecule has 0 unspecified atom stereocenters. The molecule has 0 saturated carbocycles. The number of nitrogens with zero attached hydrogens (tertiary/aromatic N) is 1. The quantitative estimate of drug-likeness (QED) is 0.818. The normalized spacial score (nSPS) is 19.9. The molecule has 1 aromatic carbocycles. The number of halogens is 1. The van der Waals surface area contributed by atoms with E-state index in [-0.39, 0.29) is 17.8 Å². The van der Waals surface area contributed by atoms with E-state index in [0.29, 0.717) is 13.2 Å². The first kappa shape index (κ1) is 13.8. The number of likely N-dealkylation sites (tertiary alicyclic amines) is 1. The van der Waals surface area contributed by atoms with Crippen LogP contribution in [0.3, 0.4) is 0 Å². The summed E-state index contributed by atoms with van der Waals surface area (Å²) in [6.07, 6.45) is 2.87. The Morgan fingerprint density at radius 1 is 1.37 bits per heavy atom. The van der Waals surface area contributed by atoms with Gasteiger partial charge < -0.3 is 9.64 Å². The van der Waals surface area contributed by atoms with E-state index in [1.54, 1.807) is 4.90 Å². The van der Waals surface area contributed by atoms with Crippen LogP contribution in [0.2, 0.25) is 0 Å². The van der Waals surface area contributed by atoms with E-state index in [9.17, 15) is 9.18 Å². The van der Waals surface area contributed by atoms with Gasteiger partial charge in [0, 0.05) is 19.0 Å². The molecule has 0 bridgehead atoms. The molecule has 0 spiro atoms. The predicted molar refractivity (Wildman–Crippen MR) is 71.6 cm³/mol. The van der Waals surface area contributed by atoms with E-state index in [1.165, 1.54) is 12.1 Å². The van der Waals surface area contributed by atoms with Crippen molar-refractivity contribution in [2.45, 2.75) is 32.1 Å². The topological polar surface area (TPSA) is 29.5 Å². The summed E-state index contributed by atoms with van der Waals surface area (Å²) in [5.41, 5.74) is 1.09. The highest BCUT2D eigenvalue weighted by molar-refractivity contribution is 5.67. The minimum absolute atomic E-state index is 0.223. The molecule has 1 atom stereocenters. The Hall–Kier alpha value is -1.58. The van der Waals surface area contributed by atoms with Crippen LogP contribution in [0.25, 0.3) is 0 Å². The zero-order chi connectivity index (χ0) is 13.7. The lowest BCUT2D eigenvalue weighted by molar-refractivity contribution is 0.107. The van der Waals surface area contributed by atoms with Gasteiger partial charge in [0.05, 0.1) is 6.61 Å². The summed E-state index contributed by atoms with van der Waals surface area (Å²) >= 11 is 0. The highest BCUT2D eigenvalue weighted by Crippen LogP contribution is 2.26. The molecule has 19 heavy (non-hydrogen) atoms. The lowest BCUT2D eigenvalue weighted by atomic mass is 9.94. The Bertz CT molecular complexity index is 419. The van der Waals surface area contributed by atoms with Crippen LogP contribution in [0.4, 0.5) is 9.18 Å². The molecule has 3 nitrogen and oxygen atoms in total. The molecule has 0 aliphatic carbocycles. The van der Waals surface area contributed by atoms with Crippen LogP contribution in [-0.4, -0.2) is 30.7 Å². The van der Waals surface area contributed by atoms with Crippen molar-refractivity contribution in [2.75, 3.05) is 19.7 Å². The van der Waals surface area contributed by atoms with Crippen molar-refractivity contribution < 1.29 is 13.9 Å². The lowest BCUT2D eigenvalue weighted by Gasteiger charge is -2.24.